The number of nitrogen functional groups attached to an aromatic ring is 1. The van der Waals surface area contributed by atoms with Gasteiger partial charge in [0.2, 0.25) is 5.88 Å². The Labute approximate surface area is 109 Å². The Hall–Kier alpha value is -1.36. The molecule has 0 atom stereocenters. The molecule has 5 heteroatoms. The summed E-state index contributed by atoms with van der Waals surface area (Å²) in [4.78, 5) is 8.76. The van der Waals surface area contributed by atoms with Crippen LogP contribution < -0.4 is 16.0 Å². The molecule has 1 heterocycles. The molecule has 0 aliphatic rings. The molecule has 0 aliphatic carbocycles. The summed E-state index contributed by atoms with van der Waals surface area (Å²) in [5, 5.41) is 0. The molecule has 0 saturated carbocycles. The Kier molecular flexibility index (Phi) is 5.34. The maximum Gasteiger partial charge on any atom is 0.218 e. The summed E-state index contributed by atoms with van der Waals surface area (Å²) in [5.74, 6) is 7.30. The first-order valence-corrected chi connectivity index (χ1v) is 6.46. The average Bonchev–Trinajstić information content (AvgIpc) is 2.33. The number of nitrogens with two attached hydrogens (primary N) is 1. The van der Waals surface area contributed by atoms with E-state index in [1.54, 1.807) is 6.07 Å². The summed E-state index contributed by atoms with van der Waals surface area (Å²) < 4.78 is 5.64. The lowest BCUT2D eigenvalue weighted by Gasteiger charge is -2.18. The highest BCUT2D eigenvalue weighted by molar-refractivity contribution is 5.37. The van der Waals surface area contributed by atoms with Crippen LogP contribution in [0.2, 0.25) is 0 Å². The SMILES string of the molecule is CCCCCOc1cc(NN)nc(C(C)(C)C)n1. The topological polar surface area (TPSA) is 73.1 Å². The number of hydrogen-bond acceptors (Lipinski definition) is 5. The largest absolute Gasteiger partial charge is 0.478 e. The summed E-state index contributed by atoms with van der Waals surface area (Å²) in [5.41, 5.74) is 2.42. The van der Waals surface area contributed by atoms with Gasteiger partial charge in [-0.3, -0.25) is 0 Å². The Morgan fingerprint density at radius 1 is 1.28 bits per heavy atom. The second-order valence-electron chi connectivity index (χ2n) is 5.36. The highest BCUT2D eigenvalue weighted by Crippen LogP contribution is 2.23. The van der Waals surface area contributed by atoms with Crippen molar-refractivity contribution in [1.29, 1.82) is 0 Å². The lowest BCUT2D eigenvalue weighted by Crippen LogP contribution is -2.19. The van der Waals surface area contributed by atoms with E-state index < -0.39 is 0 Å². The molecule has 1 aromatic heterocycles. The molecule has 5 nitrogen and oxygen atoms in total. The van der Waals surface area contributed by atoms with Crippen molar-refractivity contribution < 1.29 is 4.74 Å². The van der Waals surface area contributed by atoms with E-state index >= 15 is 0 Å². The van der Waals surface area contributed by atoms with Crippen molar-refractivity contribution in [1.82, 2.24) is 9.97 Å². The molecule has 1 aromatic rings. The number of nitrogens with one attached hydrogen (secondary N) is 1. The maximum atomic E-state index is 5.64. The Balaban J connectivity index is 2.78. The highest BCUT2D eigenvalue weighted by atomic mass is 16.5. The van der Waals surface area contributed by atoms with Gasteiger partial charge in [0, 0.05) is 11.5 Å². The zero-order valence-corrected chi connectivity index (χ0v) is 11.8. The van der Waals surface area contributed by atoms with E-state index in [0.717, 1.165) is 12.2 Å². The molecular weight excluding hydrogens is 228 g/mol. The minimum absolute atomic E-state index is 0.131. The molecule has 0 amide bonds. The molecule has 0 spiro atoms. The van der Waals surface area contributed by atoms with Gasteiger partial charge in [0.25, 0.3) is 0 Å². The van der Waals surface area contributed by atoms with Crippen LogP contribution in [0, 0.1) is 0 Å². The van der Waals surface area contributed by atoms with E-state index in [4.69, 9.17) is 10.6 Å². The van der Waals surface area contributed by atoms with Crippen molar-refractivity contribution in [3.05, 3.63) is 11.9 Å². The molecule has 18 heavy (non-hydrogen) atoms. The van der Waals surface area contributed by atoms with Crippen LogP contribution in [0.4, 0.5) is 5.82 Å². The second-order valence-corrected chi connectivity index (χ2v) is 5.36. The van der Waals surface area contributed by atoms with E-state index in [0.29, 0.717) is 18.3 Å². The van der Waals surface area contributed by atoms with Crippen LogP contribution in [0.5, 0.6) is 5.88 Å². The van der Waals surface area contributed by atoms with Crippen molar-refractivity contribution in [2.45, 2.75) is 52.4 Å². The number of nitrogens with zero attached hydrogens (tertiary/aromatic N) is 2. The van der Waals surface area contributed by atoms with Crippen LogP contribution in [0.15, 0.2) is 6.07 Å². The number of rotatable bonds is 6. The normalized spacial score (nSPS) is 11.4. The third kappa shape index (κ3) is 4.49. The third-order valence-electron chi connectivity index (χ3n) is 2.52. The van der Waals surface area contributed by atoms with E-state index in [9.17, 15) is 0 Å². The van der Waals surface area contributed by atoms with Crippen LogP contribution >= 0.6 is 0 Å². The first-order chi connectivity index (χ1) is 8.47. The van der Waals surface area contributed by atoms with Crippen molar-refractivity contribution in [3.63, 3.8) is 0 Å². The minimum Gasteiger partial charge on any atom is -0.478 e. The molecule has 0 fully saturated rings. The number of anilines is 1. The molecule has 0 aliphatic heterocycles. The summed E-state index contributed by atoms with van der Waals surface area (Å²) in [6, 6.07) is 1.72. The van der Waals surface area contributed by atoms with E-state index in [2.05, 4.69) is 43.1 Å². The van der Waals surface area contributed by atoms with Gasteiger partial charge in [-0.1, -0.05) is 40.5 Å². The van der Waals surface area contributed by atoms with Crippen LogP contribution in [0.1, 0.15) is 52.8 Å². The second kappa shape index (κ2) is 6.54. The number of unbranched alkanes of at least 4 members (excludes halogenated alkanes) is 2. The van der Waals surface area contributed by atoms with E-state index in [-0.39, 0.29) is 5.41 Å². The molecule has 3 N–H and O–H groups in total. The predicted molar refractivity (Wildman–Crippen MR) is 73.6 cm³/mol. The van der Waals surface area contributed by atoms with Gasteiger partial charge in [0.05, 0.1) is 6.61 Å². The smallest absolute Gasteiger partial charge is 0.218 e. The van der Waals surface area contributed by atoms with Gasteiger partial charge < -0.3 is 10.2 Å². The van der Waals surface area contributed by atoms with Crippen molar-refractivity contribution >= 4 is 5.82 Å². The van der Waals surface area contributed by atoms with E-state index in [1.165, 1.54) is 12.8 Å². The molecule has 0 radical (unpaired) electrons. The molecular formula is C13H24N4O. The zero-order chi connectivity index (χ0) is 13.6. The fourth-order valence-corrected chi connectivity index (χ4v) is 1.44. The van der Waals surface area contributed by atoms with Gasteiger partial charge in [-0.2, -0.15) is 4.98 Å². The number of aromatic nitrogens is 2. The van der Waals surface area contributed by atoms with E-state index in [1.807, 2.05) is 0 Å². The summed E-state index contributed by atoms with van der Waals surface area (Å²) in [6.45, 7) is 9.02. The lowest BCUT2D eigenvalue weighted by atomic mass is 9.96. The summed E-state index contributed by atoms with van der Waals surface area (Å²) in [6.07, 6.45) is 3.38. The molecule has 0 unspecified atom stereocenters. The minimum atomic E-state index is -0.131. The maximum absolute atomic E-state index is 5.64. The van der Waals surface area contributed by atoms with Gasteiger partial charge in [-0.05, 0) is 6.42 Å². The first-order valence-electron chi connectivity index (χ1n) is 6.46. The quantitative estimate of drug-likeness (QED) is 0.462. The highest BCUT2D eigenvalue weighted by Gasteiger charge is 2.19. The molecule has 0 aromatic carbocycles. The van der Waals surface area contributed by atoms with Gasteiger partial charge in [-0.25, -0.2) is 10.8 Å². The average molecular weight is 252 g/mol. The molecule has 0 bridgehead atoms. The molecule has 0 saturated heterocycles. The Morgan fingerprint density at radius 2 is 2.00 bits per heavy atom. The van der Waals surface area contributed by atoms with Crippen molar-refractivity contribution in [2.75, 3.05) is 12.0 Å². The number of hydrazine groups is 1. The third-order valence-corrected chi connectivity index (χ3v) is 2.52. The molecule has 102 valence electrons. The lowest BCUT2D eigenvalue weighted by molar-refractivity contribution is 0.291. The first kappa shape index (κ1) is 14.7. The fourth-order valence-electron chi connectivity index (χ4n) is 1.44. The summed E-state index contributed by atoms with van der Waals surface area (Å²) >= 11 is 0. The van der Waals surface area contributed by atoms with Gasteiger partial charge in [0.15, 0.2) is 0 Å². The zero-order valence-electron chi connectivity index (χ0n) is 11.8. The van der Waals surface area contributed by atoms with Crippen LogP contribution in [-0.2, 0) is 5.41 Å². The van der Waals surface area contributed by atoms with Crippen LogP contribution in [-0.4, -0.2) is 16.6 Å². The van der Waals surface area contributed by atoms with Gasteiger partial charge in [0.1, 0.15) is 11.6 Å². The van der Waals surface area contributed by atoms with Gasteiger partial charge >= 0.3 is 0 Å². The van der Waals surface area contributed by atoms with Crippen LogP contribution in [0.3, 0.4) is 0 Å². The number of hydrogen-bond donors (Lipinski definition) is 2. The number of ether oxygens (including phenoxy) is 1. The van der Waals surface area contributed by atoms with Crippen molar-refractivity contribution in [3.8, 4) is 5.88 Å². The fraction of sp³-hybridized carbons (Fsp3) is 0.692. The van der Waals surface area contributed by atoms with Crippen LogP contribution in [0.25, 0.3) is 0 Å². The standard InChI is InChI=1S/C13H24N4O/c1-5-6-7-8-18-11-9-10(17-14)15-12(16-11)13(2,3)4/h9H,5-8,14H2,1-4H3,(H,15,16,17). The summed E-state index contributed by atoms with van der Waals surface area (Å²) in [7, 11) is 0. The van der Waals surface area contributed by atoms with Crippen molar-refractivity contribution in [2.24, 2.45) is 5.84 Å². The Bertz CT molecular complexity index is 374. The predicted octanol–water partition coefficient (Wildman–Crippen LogP) is 2.63. The Morgan fingerprint density at radius 3 is 2.56 bits per heavy atom. The monoisotopic (exact) mass is 252 g/mol. The van der Waals surface area contributed by atoms with Gasteiger partial charge in [-0.15, -0.1) is 0 Å². The molecule has 1 rings (SSSR count).